The van der Waals surface area contributed by atoms with Crippen LogP contribution in [-0.2, 0) is 4.79 Å². The van der Waals surface area contributed by atoms with E-state index in [1.165, 1.54) is 11.1 Å². The van der Waals surface area contributed by atoms with Crippen LogP contribution < -0.4 is 10.6 Å². The molecule has 0 aliphatic carbocycles. The average molecular weight is 385 g/mol. The van der Waals surface area contributed by atoms with Crippen LogP contribution in [0.1, 0.15) is 35.8 Å². The maximum absolute atomic E-state index is 13.6. The highest BCUT2D eigenvalue weighted by Crippen LogP contribution is 2.38. The van der Waals surface area contributed by atoms with Gasteiger partial charge in [0.25, 0.3) is 0 Å². The molecule has 0 aromatic heterocycles. The summed E-state index contributed by atoms with van der Waals surface area (Å²) in [4.78, 5) is 13.6. The number of piperidine rings is 2. The number of hydrogen-bond acceptors (Lipinski definition) is 3. The van der Waals surface area contributed by atoms with Crippen LogP contribution in [0.3, 0.4) is 0 Å². The van der Waals surface area contributed by atoms with Gasteiger partial charge in [-0.3, -0.25) is 4.79 Å². The zero-order chi connectivity index (χ0) is 17.8. The Balaban J connectivity index is 0.00000210. The second-order valence-electron chi connectivity index (χ2n) is 7.64. The van der Waals surface area contributed by atoms with Crippen LogP contribution in [0, 0.1) is 11.8 Å². The van der Waals surface area contributed by atoms with E-state index in [1.54, 1.807) is 0 Å². The number of carbonyl (C=O) groups is 1. The summed E-state index contributed by atoms with van der Waals surface area (Å²) in [6.07, 6.45) is 2.08. The van der Waals surface area contributed by atoms with Gasteiger partial charge in [0.2, 0.25) is 0 Å². The van der Waals surface area contributed by atoms with E-state index in [-0.39, 0.29) is 24.2 Å². The highest BCUT2D eigenvalue weighted by atomic mass is 35.5. The third kappa shape index (κ3) is 4.43. The first kappa shape index (κ1) is 20.1. The number of benzene rings is 2. The van der Waals surface area contributed by atoms with Crippen LogP contribution in [0.15, 0.2) is 60.7 Å². The minimum atomic E-state index is 0. The Labute approximate surface area is 168 Å². The molecule has 2 aromatic rings. The van der Waals surface area contributed by atoms with Crippen LogP contribution >= 0.6 is 12.4 Å². The maximum atomic E-state index is 13.6. The monoisotopic (exact) mass is 384 g/mol. The van der Waals surface area contributed by atoms with Gasteiger partial charge in [0.05, 0.1) is 0 Å². The molecule has 2 fully saturated rings. The molecule has 4 heteroatoms. The fraction of sp³-hybridized carbons (Fsp3) is 0.435. The summed E-state index contributed by atoms with van der Waals surface area (Å²) < 4.78 is 0. The predicted molar refractivity (Wildman–Crippen MR) is 113 cm³/mol. The van der Waals surface area contributed by atoms with Gasteiger partial charge in [0.15, 0.2) is 0 Å². The first-order chi connectivity index (χ1) is 12.8. The van der Waals surface area contributed by atoms with Crippen LogP contribution in [0.25, 0.3) is 0 Å². The summed E-state index contributed by atoms with van der Waals surface area (Å²) >= 11 is 0. The summed E-state index contributed by atoms with van der Waals surface area (Å²) in [6.45, 7) is 3.59. The quantitative estimate of drug-likeness (QED) is 0.843. The maximum Gasteiger partial charge on any atom is 0.142 e. The molecule has 2 aliphatic rings. The van der Waals surface area contributed by atoms with E-state index in [2.05, 4.69) is 71.3 Å². The lowest BCUT2D eigenvalue weighted by molar-refractivity contribution is -0.129. The van der Waals surface area contributed by atoms with Gasteiger partial charge in [-0.05, 0) is 48.9 Å². The molecule has 2 heterocycles. The molecule has 0 amide bonds. The van der Waals surface area contributed by atoms with Crippen molar-refractivity contribution >= 4 is 18.2 Å². The molecular weight excluding hydrogens is 356 g/mol. The van der Waals surface area contributed by atoms with Crippen LogP contribution in [-0.4, -0.2) is 32.0 Å². The molecule has 0 spiro atoms. The normalized spacial score (nSPS) is 28.1. The minimum Gasteiger partial charge on any atom is -0.316 e. The molecule has 0 radical (unpaired) electrons. The highest BCUT2D eigenvalue weighted by Gasteiger charge is 2.39. The van der Waals surface area contributed by atoms with E-state index >= 15 is 0 Å². The van der Waals surface area contributed by atoms with Crippen molar-refractivity contribution in [2.75, 3.05) is 26.2 Å². The van der Waals surface area contributed by atoms with Crippen LogP contribution in [0.4, 0.5) is 0 Å². The average Bonchev–Trinajstić information content (AvgIpc) is 2.74. The number of hydrogen-bond donors (Lipinski definition) is 2. The number of carbonyl (C=O) groups excluding carboxylic acids is 1. The lowest BCUT2D eigenvalue weighted by atomic mass is 9.70. The van der Waals surface area contributed by atoms with E-state index in [0.717, 1.165) is 39.0 Å². The van der Waals surface area contributed by atoms with Gasteiger partial charge in [-0.2, -0.15) is 0 Å². The lowest BCUT2D eigenvalue weighted by Gasteiger charge is -2.38. The molecule has 4 atom stereocenters. The number of rotatable bonds is 4. The van der Waals surface area contributed by atoms with Gasteiger partial charge in [0, 0.05) is 24.9 Å². The number of Topliss-reactive ketones (excluding diaryl/α,β-unsaturated/α-hetero) is 1. The molecule has 2 saturated heterocycles. The Morgan fingerprint density at radius 1 is 0.704 bits per heavy atom. The summed E-state index contributed by atoms with van der Waals surface area (Å²) in [6, 6.07) is 21.2. The Bertz CT molecular complexity index is 660. The second kappa shape index (κ2) is 9.50. The van der Waals surface area contributed by atoms with Crippen molar-refractivity contribution in [2.24, 2.45) is 11.8 Å². The molecule has 4 rings (SSSR count). The fourth-order valence-corrected chi connectivity index (χ4v) is 4.79. The van der Waals surface area contributed by atoms with Crippen LogP contribution in [0.2, 0.25) is 0 Å². The van der Waals surface area contributed by atoms with Gasteiger partial charge < -0.3 is 10.6 Å². The van der Waals surface area contributed by atoms with Crippen molar-refractivity contribution in [1.82, 2.24) is 10.6 Å². The van der Waals surface area contributed by atoms with Crippen molar-refractivity contribution in [3.63, 3.8) is 0 Å². The summed E-state index contributed by atoms with van der Waals surface area (Å²) in [7, 11) is 0. The Hall–Kier alpha value is -1.68. The summed E-state index contributed by atoms with van der Waals surface area (Å²) in [5.74, 6) is 1.25. The first-order valence-electron chi connectivity index (χ1n) is 9.89. The predicted octanol–water partition coefficient (Wildman–Crippen LogP) is 3.76. The summed E-state index contributed by atoms with van der Waals surface area (Å²) in [5, 5.41) is 6.94. The van der Waals surface area contributed by atoms with Crippen LogP contribution in [0.5, 0.6) is 0 Å². The summed E-state index contributed by atoms with van der Waals surface area (Å²) in [5.41, 5.74) is 2.62. The van der Waals surface area contributed by atoms with Gasteiger partial charge in [-0.1, -0.05) is 60.7 Å². The molecule has 3 nitrogen and oxygen atoms in total. The third-order valence-electron chi connectivity index (χ3n) is 6.15. The Morgan fingerprint density at radius 3 is 1.52 bits per heavy atom. The Kier molecular flexibility index (Phi) is 7.06. The van der Waals surface area contributed by atoms with Gasteiger partial charge in [-0.15, -0.1) is 12.4 Å². The van der Waals surface area contributed by atoms with Crippen molar-refractivity contribution in [2.45, 2.75) is 24.7 Å². The molecule has 2 aliphatic heterocycles. The van der Waals surface area contributed by atoms with E-state index in [1.807, 2.05) is 0 Å². The SMILES string of the molecule is Cl.O=C(C1CNCCC1c1ccccc1)C1CNCCC1c1ccccc1. The van der Waals surface area contributed by atoms with Crippen molar-refractivity contribution < 1.29 is 4.79 Å². The minimum absolute atomic E-state index is 0. The number of ketones is 1. The molecule has 4 unspecified atom stereocenters. The highest BCUT2D eigenvalue weighted by molar-refractivity contribution is 5.86. The second-order valence-corrected chi connectivity index (χ2v) is 7.64. The van der Waals surface area contributed by atoms with Crippen molar-refractivity contribution in [3.05, 3.63) is 71.8 Å². The molecule has 2 aromatic carbocycles. The van der Waals surface area contributed by atoms with Gasteiger partial charge >= 0.3 is 0 Å². The number of nitrogens with one attached hydrogen (secondary N) is 2. The molecule has 0 saturated carbocycles. The van der Waals surface area contributed by atoms with E-state index in [4.69, 9.17) is 0 Å². The molecular formula is C23H29ClN2O. The standard InChI is InChI=1S/C23H28N2O.ClH/c26-23(21-15-24-13-11-19(21)17-7-3-1-4-8-17)22-16-25-14-12-20(22)18-9-5-2-6-10-18;/h1-10,19-22,24-25H,11-16H2;1H. The first-order valence-corrected chi connectivity index (χ1v) is 9.89. The third-order valence-corrected chi connectivity index (χ3v) is 6.15. The zero-order valence-electron chi connectivity index (χ0n) is 15.6. The molecule has 2 N–H and O–H groups in total. The number of halogens is 1. The largest absolute Gasteiger partial charge is 0.316 e. The topological polar surface area (TPSA) is 41.1 Å². The fourth-order valence-electron chi connectivity index (χ4n) is 4.79. The van der Waals surface area contributed by atoms with Crippen molar-refractivity contribution in [3.8, 4) is 0 Å². The van der Waals surface area contributed by atoms with E-state index < -0.39 is 0 Å². The molecule has 0 bridgehead atoms. The smallest absolute Gasteiger partial charge is 0.142 e. The van der Waals surface area contributed by atoms with Gasteiger partial charge in [0.1, 0.15) is 5.78 Å². The lowest BCUT2D eigenvalue weighted by Crippen LogP contribution is -2.47. The Morgan fingerprint density at radius 2 is 1.11 bits per heavy atom. The van der Waals surface area contributed by atoms with E-state index in [9.17, 15) is 4.79 Å². The zero-order valence-corrected chi connectivity index (χ0v) is 16.5. The molecule has 144 valence electrons. The molecule has 27 heavy (non-hydrogen) atoms. The van der Waals surface area contributed by atoms with E-state index in [0.29, 0.717) is 17.6 Å². The van der Waals surface area contributed by atoms with Crippen molar-refractivity contribution in [1.29, 1.82) is 0 Å². The van der Waals surface area contributed by atoms with Gasteiger partial charge in [-0.25, -0.2) is 0 Å².